The van der Waals surface area contributed by atoms with Gasteiger partial charge in [-0.05, 0) is 31.4 Å². The number of guanidine groups is 1. The van der Waals surface area contributed by atoms with E-state index in [0.29, 0.717) is 12.0 Å². The van der Waals surface area contributed by atoms with Crippen LogP contribution in [0.5, 0.6) is 0 Å². The molecule has 7 heteroatoms. The lowest BCUT2D eigenvalue weighted by Gasteiger charge is -2.34. The second-order valence-electron chi connectivity index (χ2n) is 8.27. The number of piperidine rings is 1. The molecule has 0 radical (unpaired) electrons. The molecule has 2 aliphatic rings. The summed E-state index contributed by atoms with van der Waals surface area (Å²) in [6, 6.07) is 10.9. The summed E-state index contributed by atoms with van der Waals surface area (Å²) >= 11 is 0. The molecule has 7 nitrogen and oxygen atoms in total. The highest BCUT2D eigenvalue weighted by atomic mass is 16.5. The zero-order chi connectivity index (χ0) is 20.5. The fraction of sp³-hybridized carbons (Fsp3) is 0.636. The third-order valence-electron chi connectivity index (χ3n) is 5.55. The van der Waals surface area contributed by atoms with Gasteiger partial charge in [0, 0.05) is 52.3 Å². The fourth-order valence-corrected chi connectivity index (χ4v) is 3.78. The van der Waals surface area contributed by atoms with Crippen molar-refractivity contribution in [3.05, 3.63) is 35.9 Å². The van der Waals surface area contributed by atoms with Crippen LogP contribution in [-0.4, -0.2) is 81.2 Å². The van der Waals surface area contributed by atoms with E-state index in [1.165, 1.54) is 5.56 Å². The number of nitrogens with one attached hydrogen (secondary N) is 2. The number of carbonyl (C=O) groups excluding carboxylic acids is 1. The summed E-state index contributed by atoms with van der Waals surface area (Å²) < 4.78 is 5.47. The van der Waals surface area contributed by atoms with Gasteiger partial charge in [0.2, 0.25) is 5.91 Å². The molecule has 0 bridgehead atoms. The molecule has 2 heterocycles. The first-order valence-corrected chi connectivity index (χ1v) is 10.7. The highest BCUT2D eigenvalue weighted by molar-refractivity contribution is 5.85. The summed E-state index contributed by atoms with van der Waals surface area (Å²) in [5.74, 6) is 1.25. The number of rotatable bonds is 7. The van der Waals surface area contributed by atoms with E-state index in [1.807, 2.05) is 0 Å². The summed E-state index contributed by atoms with van der Waals surface area (Å²) in [4.78, 5) is 20.6. The second-order valence-corrected chi connectivity index (χ2v) is 8.27. The molecule has 1 amide bonds. The lowest BCUT2D eigenvalue weighted by molar-refractivity contribution is -0.127. The number of aliphatic imine (C=N–C) groups is 1. The molecule has 2 fully saturated rings. The van der Waals surface area contributed by atoms with Gasteiger partial charge in [-0.2, -0.15) is 0 Å². The lowest BCUT2D eigenvalue weighted by atomic mass is 10.0. The van der Waals surface area contributed by atoms with Gasteiger partial charge in [0.1, 0.15) is 6.54 Å². The van der Waals surface area contributed by atoms with Crippen LogP contribution in [0.1, 0.15) is 24.8 Å². The number of hydrogen-bond acceptors (Lipinski definition) is 4. The van der Waals surface area contributed by atoms with Crippen LogP contribution in [-0.2, 0) is 16.1 Å². The summed E-state index contributed by atoms with van der Waals surface area (Å²) in [5, 5.41) is 7.01. The number of ether oxygens (including phenoxy) is 1. The Labute approximate surface area is 174 Å². The van der Waals surface area contributed by atoms with Gasteiger partial charge in [0.25, 0.3) is 0 Å². The first-order chi connectivity index (χ1) is 14.1. The number of hydrogen-bond donors (Lipinski definition) is 2. The van der Waals surface area contributed by atoms with Crippen LogP contribution >= 0.6 is 0 Å². The molecule has 1 aromatic rings. The number of benzene rings is 1. The third kappa shape index (κ3) is 7.33. The molecule has 3 rings (SSSR count). The zero-order valence-corrected chi connectivity index (χ0v) is 17.8. The van der Waals surface area contributed by atoms with Crippen molar-refractivity contribution >= 4 is 11.9 Å². The van der Waals surface area contributed by atoms with Crippen molar-refractivity contribution in [2.45, 2.75) is 31.8 Å². The quantitative estimate of drug-likeness (QED) is 0.533. The van der Waals surface area contributed by atoms with Crippen molar-refractivity contribution in [3.63, 3.8) is 0 Å². The normalized spacial score (nSPS) is 23.0. The largest absolute Gasteiger partial charge is 0.381 e. The fourth-order valence-electron chi connectivity index (χ4n) is 3.78. The Bertz CT molecular complexity index is 658. The van der Waals surface area contributed by atoms with Crippen molar-refractivity contribution in [1.82, 2.24) is 20.4 Å². The Balaban J connectivity index is 1.55. The molecular formula is C22H35N5O2. The van der Waals surface area contributed by atoms with E-state index < -0.39 is 0 Å². The number of likely N-dealkylation sites (tertiary alicyclic amines) is 1. The van der Waals surface area contributed by atoms with E-state index in [0.717, 1.165) is 64.6 Å². The zero-order valence-electron chi connectivity index (χ0n) is 17.8. The maximum absolute atomic E-state index is 12.0. The maximum Gasteiger partial charge on any atom is 0.243 e. The summed E-state index contributed by atoms with van der Waals surface area (Å²) in [7, 11) is 3.52. The predicted octanol–water partition coefficient (Wildman–Crippen LogP) is 1.31. The summed E-state index contributed by atoms with van der Waals surface area (Å²) in [6.07, 6.45) is 3.34. The van der Waals surface area contributed by atoms with Crippen LogP contribution < -0.4 is 10.6 Å². The highest BCUT2D eigenvalue weighted by Crippen LogP contribution is 2.14. The van der Waals surface area contributed by atoms with Crippen LogP contribution in [0.3, 0.4) is 0 Å². The predicted molar refractivity (Wildman–Crippen MR) is 116 cm³/mol. The molecule has 2 N–H and O–H groups in total. The monoisotopic (exact) mass is 401 g/mol. The van der Waals surface area contributed by atoms with Gasteiger partial charge in [-0.25, -0.2) is 4.99 Å². The molecule has 2 saturated heterocycles. The lowest BCUT2D eigenvalue weighted by Crippen LogP contribution is -2.51. The Hall–Kier alpha value is -2.12. The molecule has 160 valence electrons. The Morgan fingerprint density at radius 2 is 2.10 bits per heavy atom. The van der Waals surface area contributed by atoms with Crippen molar-refractivity contribution in [2.75, 3.05) is 53.5 Å². The first kappa shape index (κ1) is 21.6. The van der Waals surface area contributed by atoms with Gasteiger partial charge in [-0.3, -0.25) is 9.69 Å². The number of likely N-dealkylation sites (N-methyl/N-ethyl adjacent to an activating group) is 1. The molecule has 0 aliphatic carbocycles. The number of amides is 1. The van der Waals surface area contributed by atoms with Gasteiger partial charge in [0.05, 0.1) is 6.61 Å². The molecule has 1 aromatic carbocycles. The Morgan fingerprint density at radius 1 is 1.28 bits per heavy atom. The molecule has 2 unspecified atom stereocenters. The number of carbonyl (C=O) groups is 1. The minimum atomic E-state index is 0.00430. The van der Waals surface area contributed by atoms with E-state index in [1.54, 1.807) is 19.0 Å². The van der Waals surface area contributed by atoms with Gasteiger partial charge in [0.15, 0.2) is 5.96 Å². The molecule has 0 aromatic heterocycles. The van der Waals surface area contributed by atoms with Crippen LogP contribution in [0.15, 0.2) is 35.3 Å². The second kappa shape index (κ2) is 11.2. The average molecular weight is 402 g/mol. The SMILES string of the molecule is CN(C)C(=O)CN=C(NCC1CCOC1)NC1CCCN(Cc2ccccc2)C1. The molecule has 0 saturated carbocycles. The Morgan fingerprint density at radius 3 is 2.83 bits per heavy atom. The van der Waals surface area contributed by atoms with E-state index in [4.69, 9.17) is 4.74 Å². The van der Waals surface area contributed by atoms with Crippen molar-refractivity contribution in [2.24, 2.45) is 10.9 Å². The Kier molecular flexibility index (Phi) is 8.31. The smallest absolute Gasteiger partial charge is 0.243 e. The van der Waals surface area contributed by atoms with Gasteiger partial charge in [-0.15, -0.1) is 0 Å². The standard InChI is InChI=1S/C22H35N5O2/c1-26(2)21(28)14-24-22(23-13-19-10-12-29-17-19)25-20-9-6-11-27(16-20)15-18-7-4-3-5-8-18/h3-5,7-8,19-20H,6,9-17H2,1-2H3,(H2,23,24,25). The van der Waals surface area contributed by atoms with Gasteiger partial charge < -0.3 is 20.3 Å². The van der Waals surface area contributed by atoms with Crippen LogP contribution in [0.2, 0.25) is 0 Å². The summed E-state index contributed by atoms with van der Waals surface area (Å²) in [5.41, 5.74) is 1.35. The third-order valence-corrected chi connectivity index (χ3v) is 5.55. The van der Waals surface area contributed by atoms with Crippen molar-refractivity contribution in [1.29, 1.82) is 0 Å². The maximum atomic E-state index is 12.0. The van der Waals surface area contributed by atoms with E-state index in [-0.39, 0.29) is 12.5 Å². The molecule has 2 aliphatic heterocycles. The van der Waals surface area contributed by atoms with Crippen molar-refractivity contribution in [3.8, 4) is 0 Å². The molecule has 0 spiro atoms. The van der Waals surface area contributed by atoms with Gasteiger partial charge >= 0.3 is 0 Å². The van der Waals surface area contributed by atoms with Crippen molar-refractivity contribution < 1.29 is 9.53 Å². The summed E-state index contributed by atoms with van der Waals surface area (Å²) in [6.45, 7) is 5.67. The molecule has 29 heavy (non-hydrogen) atoms. The van der Waals surface area contributed by atoms with E-state index in [2.05, 4.69) is 50.9 Å². The molecule has 2 atom stereocenters. The highest BCUT2D eigenvalue weighted by Gasteiger charge is 2.22. The molecular weight excluding hydrogens is 366 g/mol. The van der Waals surface area contributed by atoms with Crippen LogP contribution in [0.25, 0.3) is 0 Å². The minimum Gasteiger partial charge on any atom is -0.381 e. The van der Waals surface area contributed by atoms with E-state index in [9.17, 15) is 4.79 Å². The van der Waals surface area contributed by atoms with Crippen LogP contribution in [0.4, 0.5) is 0 Å². The minimum absolute atomic E-state index is 0.00430. The topological polar surface area (TPSA) is 69.2 Å². The number of nitrogens with zero attached hydrogens (tertiary/aromatic N) is 3. The first-order valence-electron chi connectivity index (χ1n) is 10.7. The van der Waals surface area contributed by atoms with Crippen LogP contribution in [0, 0.1) is 5.92 Å². The average Bonchev–Trinajstić information content (AvgIpc) is 3.24. The van der Waals surface area contributed by atoms with Gasteiger partial charge in [-0.1, -0.05) is 30.3 Å². The van der Waals surface area contributed by atoms with E-state index >= 15 is 0 Å².